The summed E-state index contributed by atoms with van der Waals surface area (Å²) in [6.45, 7) is 2.58. The predicted octanol–water partition coefficient (Wildman–Crippen LogP) is 6.69. The van der Waals surface area contributed by atoms with Gasteiger partial charge in [0.25, 0.3) is 0 Å². The highest BCUT2D eigenvalue weighted by Crippen LogP contribution is 2.31. The molecule has 7 heteroatoms. The largest absolute Gasteiger partial charge is 0.490 e. The van der Waals surface area contributed by atoms with Gasteiger partial charge in [0.1, 0.15) is 31.3 Å². The van der Waals surface area contributed by atoms with Crippen molar-refractivity contribution in [1.29, 1.82) is 0 Å². The zero-order chi connectivity index (χ0) is 28.1. The Hall–Kier alpha value is -4.91. The van der Waals surface area contributed by atoms with E-state index in [0.29, 0.717) is 35.7 Å². The first-order chi connectivity index (χ1) is 19.4. The summed E-state index contributed by atoms with van der Waals surface area (Å²) in [4.78, 5) is 24.0. The molecule has 0 radical (unpaired) electrons. The molecule has 0 aromatic heterocycles. The quantitative estimate of drug-likeness (QED) is 0.179. The number of carbonyl (C=O) groups is 2. The molecule has 0 heterocycles. The molecule has 0 fully saturated rings. The molecule has 5 rings (SSSR count). The highest BCUT2D eigenvalue weighted by Gasteiger charge is 2.25. The van der Waals surface area contributed by atoms with Gasteiger partial charge in [0, 0.05) is 17.6 Å². The topological polar surface area (TPSA) is 82.1 Å². The summed E-state index contributed by atoms with van der Waals surface area (Å²) in [6, 6.07) is 24.2. The number of hydrogen-bond donors (Lipinski definition) is 1. The Balaban J connectivity index is 1.14. The molecule has 0 saturated carbocycles. The van der Waals surface area contributed by atoms with E-state index in [1.807, 2.05) is 43.3 Å². The first-order valence-corrected chi connectivity index (χ1v) is 12.8. The van der Waals surface area contributed by atoms with Crippen LogP contribution < -0.4 is 14.2 Å². The lowest BCUT2D eigenvalue weighted by molar-refractivity contribution is 0.0696. The molecular formula is C33H27FO6. The summed E-state index contributed by atoms with van der Waals surface area (Å²) in [7, 11) is 0. The Labute approximate surface area is 231 Å². The zero-order valence-corrected chi connectivity index (χ0v) is 21.9. The lowest BCUT2D eigenvalue weighted by Gasteiger charge is -2.09. The van der Waals surface area contributed by atoms with Gasteiger partial charge in [-0.2, -0.15) is 0 Å². The second-order valence-electron chi connectivity index (χ2n) is 9.49. The van der Waals surface area contributed by atoms with Crippen LogP contribution in [0, 0.1) is 12.7 Å². The molecule has 0 aliphatic heterocycles. The lowest BCUT2D eigenvalue weighted by Crippen LogP contribution is -2.09. The van der Waals surface area contributed by atoms with E-state index >= 15 is 0 Å². The molecule has 6 nitrogen and oxygen atoms in total. The van der Waals surface area contributed by atoms with Crippen molar-refractivity contribution in [3.63, 3.8) is 0 Å². The average Bonchev–Trinajstić information content (AvgIpc) is 3.26. The van der Waals surface area contributed by atoms with Gasteiger partial charge in [-0.05, 0) is 89.9 Å². The molecule has 0 saturated heterocycles. The Morgan fingerprint density at radius 2 is 1.60 bits per heavy atom. The number of aromatic carboxylic acids is 1. The van der Waals surface area contributed by atoms with E-state index in [1.54, 1.807) is 48.5 Å². The van der Waals surface area contributed by atoms with Crippen LogP contribution in [0.15, 0.2) is 90.5 Å². The number of rotatable bonds is 10. The maximum absolute atomic E-state index is 13.9. The van der Waals surface area contributed by atoms with E-state index in [4.69, 9.17) is 19.3 Å². The third kappa shape index (κ3) is 6.38. The molecule has 0 amide bonds. The fraction of sp³-hybridized carbons (Fsp3) is 0.152. The molecule has 0 unspecified atom stereocenters. The molecule has 40 heavy (non-hydrogen) atoms. The summed E-state index contributed by atoms with van der Waals surface area (Å²) in [6.07, 6.45) is 2.38. The van der Waals surface area contributed by atoms with Crippen LogP contribution in [0.1, 0.15) is 43.0 Å². The summed E-state index contributed by atoms with van der Waals surface area (Å²) in [5.74, 6) is 0.120. The van der Waals surface area contributed by atoms with Crippen molar-refractivity contribution in [2.24, 2.45) is 0 Å². The molecule has 1 N–H and O–H groups in total. The minimum Gasteiger partial charge on any atom is -0.490 e. The van der Waals surface area contributed by atoms with Gasteiger partial charge in [-0.1, -0.05) is 30.3 Å². The van der Waals surface area contributed by atoms with E-state index in [0.717, 1.165) is 22.3 Å². The van der Waals surface area contributed by atoms with Crippen LogP contribution in [0.25, 0.3) is 6.08 Å². The van der Waals surface area contributed by atoms with Gasteiger partial charge in [-0.15, -0.1) is 0 Å². The van der Waals surface area contributed by atoms with E-state index in [1.165, 1.54) is 6.07 Å². The Kier molecular flexibility index (Phi) is 7.92. The number of Topliss-reactive ketones (excluding diaryl/α,β-unsaturated/α-hetero) is 1. The smallest absolute Gasteiger partial charge is 0.335 e. The minimum absolute atomic E-state index is 0.00776. The van der Waals surface area contributed by atoms with Crippen LogP contribution in [0.3, 0.4) is 0 Å². The molecule has 0 spiro atoms. The van der Waals surface area contributed by atoms with Crippen molar-refractivity contribution < 1.29 is 33.3 Å². The van der Waals surface area contributed by atoms with Gasteiger partial charge in [-0.3, -0.25) is 4.79 Å². The maximum Gasteiger partial charge on any atom is 0.335 e. The van der Waals surface area contributed by atoms with Crippen molar-refractivity contribution in [1.82, 2.24) is 0 Å². The summed E-state index contributed by atoms with van der Waals surface area (Å²) >= 11 is 0. The first-order valence-electron chi connectivity index (χ1n) is 12.8. The minimum atomic E-state index is -0.970. The fourth-order valence-electron chi connectivity index (χ4n) is 4.41. The second-order valence-corrected chi connectivity index (χ2v) is 9.49. The number of aryl methyl sites for hydroxylation is 1. The SMILES string of the molecule is Cc1ccc(OCCOc2ccc(/C=C3\Cc4cc(OCc5ccc(C(=O)O)cc5)ccc4C3=O)cc2)c(F)c1. The van der Waals surface area contributed by atoms with Crippen LogP contribution in [0.5, 0.6) is 17.2 Å². The van der Waals surface area contributed by atoms with Crippen LogP contribution >= 0.6 is 0 Å². The van der Waals surface area contributed by atoms with Crippen LogP contribution in [0.2, 0.25) is 0 Å². The molecule has 202 valence electrons. The first kappa shape index (κ1) is 26.7. The van der Waals surface area contributed by atoms with Gasteiger partial charge in [0.2, 0.25) is 0 Å². The number of carboxylic acid groups (broad SMARTS) is 1. The van der Waals surface area contributed by atoms with Crippen molar-refractivity contribution in [3.05, 3.63) is 130 Å². The number of hydrogen-bond acceptors (Lipinski definition) is 5. The van der Waals surface area contributed by atoms with E-state index in [-0.39, 0.29) is 30.3 Å². The van der Waals surface area contributed by atoms with Gasteiger partial charge < -0.3 is 19.3 Å². The number of ketones is 1. The molecule has 4 aromatic rings. The summed E-state index contributed by atoms with van der Waals surface area (Å²) in [5.41, 5.74) is 5.04. The van der Waals surface area contributed by atoms with Crippen LogP contribution in [-0.4, -0.2) is 30.1 Å². The zero-order valence-electron chi connectivity index (χ0n) is 21.9. The summed E-state index contributed by atoms with van der Waals surface area (Å²) < 4.78 is 30.9. The van der Waals surface area contributed by atoms with Crippen molar-refractivity contribution in [2.75, 3.05) is 13.2 Å². The Bertz CT molecular complexity index is 1570. The van der Waals surface area contributed by atoms with Gasteiger partial charge in [0.05, 0.1) is 5.56 Å². The monoisotopic (exact) mass is 538 g/mol. The Morgan fingerprint density at radius 1 is 0.875 bits per heavy atom. The molecule has 0 atom stereocenters. The highest BCUT2D eigenvalue weighted by molar-refractivity contribution is 6.15. The third-order valence-electron chi connectivity index (χ3n) is 6.52. The number of allylic oxidation sites excluding steroid dienone is 1. The van der Waals surface area contributed by atoms with Gasteiger partial charge >= 0.3 is 5.97 Å². The number of carbonyl (C=O) groups excluding carboxylic acids is 1. The van der Waals surface area contributed by atoms with Crippen LogP contribution in [-0.2, 0) is 13.0 Å². The maximum atomic E-state index is 13.9. The molecule has 0 bridgehead atoms. The summed E-state index contributed by atoms with van der Waals surface area (Å²) in [5, 5.41) is 9.02. The van der Waals surface area contributed by atoms with Crippen molar-refractivity contribution in [2.45, 2.75) is 20.0 Å². The fourth-order valence-corrected chi connectivity index (χ4v) is 4.41. The average molecular weight is 539 g/mol. The van der Waals surface area contributed by atoms with Crippen LogP contribution in [0.4, 0.5) is 4.39 Å². The standard InChI is InChI=1S/C33H27FO6/c1-21-2-13-31(30(34)16-21)39-15-14-38-27-9-5-22(6-10-27)17-26-18-25-19-28(11-12-29(25)32(26)35)40-20-23-3-7-24(8-4-23)33(36)37/h2-13,16-17,19H,14-15,18,20H2,1H3,(H,36,37)/b26-17+. The molecular weight excluding hydrogens is 511 g/mol. The lowest BCUT2D eigenvalue weighted by atomic mass is 10.1. The third-order valence-corrected chi connectivity index (χ3v) is 6.52. The number of ether oxygens (including phenoxy) is 3. The Morgan fingerprint density at radius 3 is 2.33 bits per heavy atom. The normalized spacial score (nSPS) is 13.2. The molecule has 1 aliphatic rings. The van der Waals surface area contributed by atoms with Gasteiger partial charge in [-0.25, -0.2) is 9.18 Å². The van der Waals surface area contributed by atoms with E-state index in [2.05, 4.69) is 0 Å². The highest BCUT2D eigenvalue weighted by atomic mass is 19.1. The number of benzene rings is 4. The van der Waals surface area contributed by atoms with E-state index in [9.17, 15) is 14.0 Å². The second kappa shape index (κ2) is 11.9. The van der Waals surface area contributed by atoms with Gasteiger partial charge in [0.15, 0.2) is 17.3 Å². The predicted molar refractivity (Wildman–Crippen MR) is 149 cm³/mol. The van der Waals surface area contributed by atoms with Crippen molar-refractivity contribution >= 4 is 17.8 Å². The number of carboxylic acids is 1. The number of halogens is 1. The van der Waals surface area contributed by atoms with E-state index < -0.39 is 11.8 Å². The molecule has 1 aliphatic carbocycles. The van der Waals surface area contributed by atoms with Crippen molar-refractivity contribution in [3.8, 4) is 17.2 Å². The molecule has 4 aromatic carbocycles. The number of fused-ring (bicyclic) bond motifs is 1.